The van der Waals surface area contributed by atoms with Crippen molar-refractivity contribution in [2.24, 2.45) is 0 Å². The van der Waals surface area contributed by atoms with Crippen molar-refractivity contribution < 1.29 is 9.53 Å². The van der Waals surface area contributed by atoms with E-state index >= 15 is 0 Å². The van der Waals surface area contributed by atoms with Gasteiger partial charge in [-0.1, -0.05) is 24.3 Å². The van der Waals surface area contributed by atoms with E-state index in [1.807, 2.05) is 72.1 Å². The Kier molecular flexibility index (Phi) is 4.37. The minimum absolute atomic E-state index is 0.161. The molecule has 2 heterocycles. The number of amides is 1. The number of nitrogens with one attached hydrogen (secondary N) is 1. The zero-order chi connectivity index (χ0) is 17.9. The van der Waals surface area contributed by atoms with Gasteiger partial charge in [-0.05, 0) is 47.8 Å². The van der Waals surface area contributed by atoms with E-state index in [-0.39, 0.29) is 5.91 Å². The highest BCUT2D eigenvalue weighted by Gasteiger charge is 2.14. The number of nitrogens with zero attached hydrogens (tertiary/aromatic N) is 1. The van der Waals surface area contributed by atoms with Crippen molar-refractivity contribution in [3.05, 3.63) is 77.7 Å². The molecule has 1 N–H and O–H groups in total. The molecular weight excluding hydrogens is 344 g/mol. The second kappa shape index (κ2) is 6.98. The van der Waals surface area contributed by atoms with Crippen molar-refractivity contribution in [1.82, 2.24) is 4.98 Å². The SMILES string of the molecule is COc1ccc(NC(=O)c2cc(-c3cccs3)nc3ccccc23)cc1. The molecule has 4 aromatic rings. The maximum absolute atomic E-state index is 12.9. The molecule has 4 nitrogen and oxygen atoms in total. The largest absolute Gasteiger partial charge is 0.497 e. The number of methoxy groups -OCH3 is 1. The summed E-state index contributed by atoms with van der Waals surface area (Å²) in [6.07, 6.45) is 0. The number of anilines is 1. The van der Waals surface area contributed by atoms with E-state index in [1.165, 1.54) is 0 Å². The van der Waals surface area contributed by atoms with Gasteiger partial charge in [0.05, 0.1) is 28.8 Å². The zero-order valence-electron chi connectivity index (χ0n) is 14.1. The smallest absolute Gasteiger partial charge is 0.256 e. The standard InChI is InChI=1S/C21H16N2O2S/c1-25-15-10-8-14(9-11-15)22-21(24)17-13-19(20-7-4-12-26-20)23-18-6-3-2-5-16(17)18/h2-13H,1H3,(H,22,24). The maximum atomic E-state index is 12.9. The lowest BCUT2D eigenvalue weighted by Gasteiger charge is -2.10. The van der Waals surface area contributed by atoms with Gasteiger partial charge in [-0.2, -0.15) is 0 Å². The van der Waals surface area contributed by atoms with Crippen molar-refractivity contribution in [3.63, 3.8) is 0 Å². The summed E-state index contributed by atoms with van der Waals surface area (Å²) in [5, 5.41) is 5.79. The molecule has 1 amide bonds. The van der Waals surface area contributed by atoms with E-state index in [4.69, 9.17) is 9.72 Å². The van der Waals surface area contributed by atoms with Crippen LogP contribution in [0.2, 0.25) is 0 Å². The summed E-state index contributed by atoms with van der Waals surface area (Å²) in [4.78, 5) is 18.7. The van der Waals surface area contributed by atoms with E-state index in [9.17, 15) is 4.79 Å². The highest BCUT2D eigenvalue weighted by Crippen LogP contribution is 2.28. The lowest BCUT2D eigenvalue weighted by Crippen LogP contribution is -2.13. The van der Waals surface area contributed by atoms with Crippen LogP contribution in [0.4, 0.5) is 5.69 Å². The summed E-state index contributed by atoms with van der Waals surface area (Å²) in [6.45, 7) is 0. The molecule has 26 heavy (non-hydrogen) atoms. The fourth-order valence-corrected chi connectivity index (χ4v) is 3.47. The number of aromatic nitrogens is 1. The van der Waals surface area contributed by atoms with E-state index in [0.717, 1.165) is 32.9 Å². The van der Waals surface area contributed by atoms with Crippen LogP contribution in [0.25, 0.3) is 21.5 Å². The first-order valence-electron chi connectivity index (χ1n) is 8.13. The molecule has 128 valence electrons. The third-order valence-corrected chi connectivity index (χ3v) is 4.97. The molecule has 0 saturated heterocycles. The summed E-state index contributed by atoms with van der Waals surface area (Å²) < 4.78 is 5.15. The van der Waals surface area contributed by atoms with Crippen LogP contribution in [0, 0.1) is 0 Å². The third kappa shape index (κ3) is 3.17. The first-order chi connectivity index (χ1) is 12.7. The van der Waals surface area contributed by atoms with Gasteiger partial charge >= 0.3 is 0 Å². The molecule has 0 radical (unpaired) electrons. The Morgan fingerprint density at radius 3 is 2.58 bits per heavy atom. The minimum atomic E-state index is -0.161. The second-order valence-corrected chi connectivity index (χ2v) is 6.68. The monoisotopic (exact) mass is 360 g/mol. The third-order valence-electron chi connectivity index (χ3n) is 4.08. The molecule has 0 saturated carbocycles. The van der Waals surface area contributed by atoms with E-state index in [1.54, 1.807) is 18.4 Å². The first kappa shape index (κ1) is 16.3. The lowest BCUT2D eigenvalue weighted by molar-refractivity contribution is 0.102. The van der Waals surface area contributed by atoms with E-state index < -0.39 is 0 Å². The zero-order valence-corrected chi connectivity index (χ0v) is 14.9. The Bertz CT molecular complexity index is 1060. The number of para-hydroxylation sites is 1. The van der Waals surface area contributed by atoms with Crippen LogP contribution < -0.4 is 10.1 Å². The Morgan fingerprint density at radius 1 is 1.04 bits per heavy atom. The normalized spacial score (nSPS) is 10.7. The summed E-state index contributed by atoms with van der Waals surface area (Å²) in [5.41, 5.74) is 2.93. The number of ether oxygens (including phenoxy) is 1. The van der Waals surface area contributed by atoms with Gasteiger partial charge in [0.15, 0.2) is 0 Å². The highest BCUT2D eigenvalue weighted by atomic mass is 32.1. The summed E-state index contributed by atoms with van der Waals surface area (Å²) in [5.74, 6) is 0.587. The van der Waals surface area contributed by atoms with Crippen LogP contribution in [0.5, 0.6) is 5.75 Å². The molecular formula is C21H16N2O2S. The topological polar surface area (TPSA) is 51.2 Å². The molecule has 0 spiro atoms. The maximum Gasteiger partial charge on any atom is 0.256 e. The van der Waals surface area contributed by atoms with Crippen LogP contribution in [0.3, 0.4) is 0 Å². The molecule has 0 unspecified atom stereocenters. The van der Waals surface area contributed by atoms with Crippen molar-refractivity contribution >= 4 is 33.8 Å². The van der Waals surface area contributed by atoms with Gasteiger partial charge in [-0.25, -0.2) is 4.98 Å². The Hall–Kier alpha value is -3.18. The molecule has 0 fully saturated rings. The van der Waals surface area contributed by atoms with Crippen LogP contribution >= 0.6 is 11.3 Å². The highest BCUT2D eigenvalue weighted by molar-refractivity contribution is 7.13. The lowest BCUT2D eigenvalue weighted by atomic mass is 10.1. The number of pyridine rings is 1. The molecule has 4 rings (SSSR count). The van der Waals surface area contributed by atoms with Gasteiger partial charge in [0, 0.05) is 11.1 Å². The van der Waals surface area contributed by atoms with Crippen LogP contribution in [-0.4, -0.2) is 18.0 Å². The quantitative estimate of drug-likeness (QED) is 0.542. The van der Waals surface area contributed by atoms with Gasteiger partial charge in [0.1, 0.15) is 5.75 Å². The van der Waals surface area contributed by atoms with Crippen LogP contribution in [-0.2, 0) is 0 Å². The van der Waals surface area contributed by atoms with Gasteiger partial charge in [-0.3, -0.25) is 4.79 Å². The minimum Gasteiger partial charge on any atom is -0.497 e. The number of thiophene rings is 1. The fraction of sp³-hybridized carbons (Fsp3) is 0.0476. The van der Waals surface area contributed by atoms with Gasteiger partial charge in [0.25, 0.3) is 5.91 Å². The molecule has 2 aromatic carbocycles. The molecule has 0 bridgehead atoms. The molecule has 5 heteroatoms. The van der Waals surface area contributed by atoms with E-state index in [2.05, 4.69) is 5.32 Å². The average Bonchev–Trinajstić information content (AvgIpc) is 3.22. The molecule has 0 atom stereocenters. The summed E-state index contributed by atoms with van der Waals surface area (Å²) in [6, 6.07) is 20.8. The molecule has 0 aliphatic rings. The Balaban J connectivity index is 1.75. The first-order valence-corrected chi connectivity index (χ1v) is 9.01. The van der Waals surface area contributed by atoms with Crippen LogP contribution in [0.1, 0.15) is 10.4 Å². The van der Waals surface area contributed by atoms with Gasteiger partial charge in [-0.15, -0.1) is 11.3 Å². The Labute approximate surface area is 155 Å². The number of hydrogen-bond acceptors (Lipinski definition) is 4. The predicted molar refractivity (Wildman–Crippen MR) is 106 cm³/mol. The predicted octanol–water partition coefficient (Wildman–Crippen LogP) is 5.22. The number of rotatable bonds is 4. The van der Waals surface area contributed by atoms with Crippen molar-refractivity contribution in [1.29, 1.82) is 0 Å². The van der Waals surface area contributed by atoms with Crippen molar-refractivity contribution in [2.75, 3.05) is 12.4 Å². The number of carbonyl (C=O) groups is 1. The molecule has 0 aliphatic carbocycles. The molecule has 2 aromatic heterocycles. The van der Waals surface area contributed by atoms with E-state index in [0.29, 0.717) is 5.56 Å². The van der Waals surface area contributed by atoms with Crippen molar-refractivity contribution in [3.8, 4) is 16.3 Å². The Morgan fingerprint density at radius 2 is 1.85 bits per heavy atom. The molecule has 0 aliphatic heterocycles. The summed E-state index contributed by atoms with van der Waals surface area (Å²) >= 11 is 1.60. The summed E-state index contributed by atoms with van der Waals surface area (Å²) in [7, 11) is 1.61. The van der Waals surface area contributed by atoms with Gasteiger partial charge in [0.2, 0.25) is 0 Å². The van der Waals surface area contributed by atoms with Crippen molar-refractivity contribution in [2.45, 2.75) is 0 Å². The second-order valence-electron chi connectivity index (χ2n) is 5.73. The number of benzene rings is 2. The van der Waals surface area contributed by atoms with Crippen LogP contribution in [0.15, 0.2) is 72.1 Å². The average molecular weight is 360 g/mol. The number of hydrogen-bond donors (Lipinski definition) is 1. The number of fused-ring (bicyclic) bond motifs is 1. The fourth-order valence-electron chi connectivity index (χ4n) is 2.79. The van der Waals surface area contributed by atoms with Gasteiger partial charge < -0.3 is 10.1 Å². The number of carbonyl (C=O) groups excluding carboxylic acids is 1.